The molecule has 5 nitrogen and oxygen atoms in total. The van der Waals surface area contributed by atoms with Gasteiger partial charge in [-0.2, -0.15) is 0 Å². The van der Waals surface area contributed by atoms with Crippen molar-refractivity contribution in [2.24, 2.45) is 0 Å². The molecule has 0 heterocycles. The largest absolute Gasteiger partial charge is 0.348 e. The van der Waals surface area contributed by atoms with Gasteiger partial charge in [0, 0.05) is 31.3 Å². The molecule has 0 fully saturated rings. The minimum atomic E-state index is -0.137. The molecule has 0 spiro atoms. The fourth-order valence-electron chi connectivity index (χ4n) is 2.32. The molecule has 2 aromatic rings. The van der Waals surface area contributed by atoms with E-state index in [-0.39, 0.29) is 11.8 Å². The van der Waals surface area contributed by atoms with E-state index in [1.54, 1.807) is 24.3 Å². The minimum Gasteiger partial charge on any atom is -0.348 e. The Labute approximate surface area is 142 Å². The molecular formula is C19H23N3O2. The molecule has 0 aliphatic rings. The first-order valence-corrected chi connectivity index (χ1v) is 7.82. The average Bonchev–Trinajstić information content (AvgIpc) is 2.53. The third kappa shape index (κ3) is 5.52. The number of carbonyl (C=O) groups is 2. The number of rotatable bonds is 6. The number of anilines is 1. The van der Waals surface area contributed by atoms with E-state index in [9.17, 15) is 9.59 Å². The lowest BCUT2D eigenvalue weighted by Crippen LogP contribution is -2.22. The van der Waals surface area contributed by atoms with Crippen LogP contribution in [0.3, 0.4) is 0 Å². The maximum absolute atomic E-state index is 12.2. The SMILES string of the molecule is CC(=O)Nc1ccc(C(=O)NCc2ccc(CN(C)C)cc2)cc1. The van der Waals surface area contributed by atoms with Crippen molar-refractivity contribution in [2.45, 2.75) is 20.0 Å². The molecule has 0 unspecified atom stereocenters. The smallest absolute Gasteiger partial charge is 0.251 e. The van der Waals surface area contributed by atoms with Gasteiger partial charge in [-0.1, -0.05) is 24.3 Å². The molecule has 0 saturated carbocycles. The van der Waals surface area contributed by atoms with Crippen LogP contribution in [-0.4, -0.2) is 30.8 Å². The van der Waals surface area contributed by atoms with Crippen molar-refractivity contribution in [2.75, 3.05) is 19.4 Å². The normalized spacial score (nSPS) is 10.5. The number of hydrogen-bond acceptors (Lipinski definition) is 3. The van der Waals surface area contributed by atoms with Crippen molar-refractivity contribution in [3.05, 3.63) is 65.2 Å². The van der Waals surface area contributed by atoms with Crippen molar-refractivity contribution in [3.8, 4) is 0 Å². The van der Waals surface area contributed by atoms with Gasteiger partial charge in [0.15, 0.2) is 0 Å². The molecular weight excluding hydrogens is 302 g/mol. The molecule has 24 heavy (non-hydrogen) atoms. The van der Waals surface area contributed by atoms with Gasteiger partial charge >= 0.3 is 0 Å². The van der Waals surface area contributed by atoms with Gasteiger partial charge in [0.1, 0.15) is 0 Å². The number of benzene rings is 2. The van der Waals surface area contributed by atoms with Crippen LogP contribution in [0.4, 0.5) is 5.69 Å². The summed E-state index contributed by atoms with van der Waals surface area (Å²) in [5.74, 6) is -0.272. The van der Waals surface area contributed by atoms with E-state index in [4.69, 9.17) is 0 Å². The van der Waals surface area contributed by atoms with Crippen LogP contribution >= 0.6 is 0 Å². The van der Waals surface area contributed by atoms with Crippen LogP contribution in [0.1, 0.15) is 28.4 Å². The van der Waals surface area contributed by atoms with Gasteiger partial charge in [-0.3, -0.25) is 9.59 Å². The standard InChI is InChI=1S/C19H23N3O2/c1-14(23)21-18-10-8-17(9-11-18)19(24)20-12-15-4-6-16(7-5-15)13-22(2)3/h4-11H,12-13H2,1-3H3,(H,20,24)(H,21,23). The predicted octanol–water partition coefficient (Wildman–Crippen LogP) is 2.64. The van der Waals surface area contributed by atoms with Crippen molar-refractivity contribution in [3.63, 3.8) is 0 Å². The van der Waals surface area contributed by atoms with Crippen LogP contribution in [0.2, 0.25) is 0 Å². The minimum absolute atomic E-state index is 0.134. The summed E-state index contributed by atoms with van der Waals surface area (Å²) in [7, 11) is 4.07. The summed E-state index contributed by atoms with van der Waals surface area (Å²) < 4.78 is 0. The van der Waals surface area contributed by atoms with Crippen molar-refractivity contribution in [1.29, 1.82) is 0 Å². The van der Waals surface area contributed by atoms with E-state index in [0.29, 0.717) is 17.8 Å². The van der Waals surface area contributed by atoms with Crippen molar-refractivity contribution >= 4 is 17.5 Å². The number of hydrogen-bond donors (Lipinski definition) is 2. The van der Waals surface area contributed by atoms with Crippen LogP contribution in [-0.2, 0) is 17.9 Å². The molecule has 2 N–H and O–H groups in total. The first-order valence-electron chi connectivity index (χ1n) is 7.82. The second-order valence-electron chi connectivity index (χ2n) is 6.00. The Morgan fingerprint density at radius 2 is 1.50 bits per heavy atom. The quantitative estimate of drug-likeness (QED) is 0.858. The molecule has 0 atom stereocenters. The average molecular weight is 325 g/mol. The summed E-state index contributed by atoms with van der Waals surface area (Å²) in [5, 5.41) is 5.57. The second kappa shape index (κ2) is 8.26. The number of nitrogens with one attached hydrogen (secondary N) is 2. The van der Waals surface area contributed by atoms with E-state index in [2.05, 4.69) is 27.7 Å². The van der Waals surface area contributed by atoms with Gasteiger partial charge in [-0.25, -0.2) is 0 Å². The zero-order valence-electron chi connectivity index (χ0n) is 14.3. The van der Waals surface area contributed by atoms with Gasteiger partial charge in [0.05, 0.1) is 0 Å². The highest BCUT2D eigenvalue weighted by molar-refractivity contribution is 5.95. The van der Waals surface area contributed by atoms with Crippen LogP contribution in [0.5, 0.6) is 0 Å². The molecule has 0 bridgehead atoms. The summed E-state index contributed by atoms with van der Waals surface area (Å²) in [5.41, 5.74) is 3.54. The first-order chi connectivity index (χ1) is 11.4. The molecule has 5 heteroatoms. The fraction of sp³-hybridized carbons (Fsp3) is 0.263. The first kappa shape index (κ1) is 17.7. The molecule has 2 amide bonds. The highest BCUT2D eigenvalue weighted by atomic mass is 16.2. The van der Waals surface area contributed by atoms with Gasteiger partial charge in [-0.15, -0.1) is 0 Å². The molecule has 0 aromatic heterocycles. The van der Waals surface area contributed by atoms with E-state index >= 15 is 0 Å². The second-order valence-corrected chi connectivity index (χ2v) is 6.00. The van der Waals surface area contributed by atoms with E-state index in [1.165, 1.54) is 12.5 Å². The van der Waals surface area contributed by atoms with Crippen LogP contribution in [0, 0.1) is 0 Å². The summed E-state index contributed by atoms with van der Waals surface area (Å²) in [6.07, 6.45) is 0. The van der Waals surface area contributed by atoms with Crippen molar-refractivity contribution < 1.29 is 9.59 Å². The Hall–Kier alpha value is -2.66. The zero-order valence-corrected chi connectivity index (χ0v) is 14.3. The van der Waals surface area contributed by atoms with Gasteiger partial charge in [-0.05, 0) is 49.5 Å². The Morgan fingerprint density at radius 3 is 2.04 bits per heavy atom. The van der Waals surface area contributed by atoms with Gasteiger partial charge in [0.2, 0.25) is 5.91 Å². The summed E-state index contributed by atoms with van der Waals surface area (Å²) in [6.45, 7) is 2.83. The lowest BCUT2D eigenvalue weighted by atomic mass is 10.1. The Bertz CT molecular complexity index is 692. The Balaban J connectivity index is 1.89. The Morgan fingerprint density at radius 1 is 0.917 bits per heavy atom. The Kier molecular flexibility index (Phi) is 6.09. The molecule has 0 aliphatic carbocycles. The lowest BCUT2D eigenvalue weighted by Gasteiger charge is -2.10. The topological polar surface area (TPSA) is 61.4 Å². The highest BCUT2D eigenvalue weighted by Crippen LogP contribution is 2.10. The summed E-state index contributed by atoms with van der Waals surface area (Å²) in [4.78, 5) is 25.3. The fourth-order valence-corrected chi connectivity index (χ4v) is 2.32. The maximum atomic E-state index is 12.2. The summed E-state index contributed by atoms with van der Waals surface area (Å²) in [6, 6.07) is 15.0. The number of amides is 2. The number of carbonyl (C=O) groups excluding carboxylic acids is 2. The third-order valence-electron chi connectivity index (χ3n) is 3.44. The predicted molar refractivity (Wildman–Crippen MR) is 95.7 cm³/mol. The maximum Gasteiger partial charge on any atom is 0.251 e. The number of nitrogens with zero attached hydrogens (tertiary/aromatic N) is 1. The molecule has 0 aliphatic heterocycles. The van der Waals surface area contributed by atoms with Crippen LogP contribution in [0.25, 0.3) is 0 Å². The van der Waals surface area contributed by atoms with Crippen LogP contribution < -0.4 is 10.6 Å². The van der Waals surface area contributed by atoms with Crippen LogP contribution in [0.15, 0.2) is 48.5 Å². The van der Waals surface area contributed by atoms with Gasteiger partial charge in [0.25, 0.3) is 5.91 Å². The molecule has 0 saturated heterocycles. The highest BCUT2D eigenvalue weighted by Gasteiger charge is 2.06. The van der Waals surface area contributed by atoms with E-state index in [1.807, 2.05) is 26.2 Å². The molecule has 2 aromatic carbocycles. The zero-order chi connectivity index (χ0) is 17.5. The molecule has 126 valence electrons. The molecule has 0 radical (unpaired) electrons. The monoisotopic (exact) mass is 325 g/mol. The third-order valence-corrected chi connectivity index (χ3v) is 3.44. The molecule has 2 rings (SSSR count). The van der Waals surface area contributed by atoms with Crippen molar-refractivity contribution in [1.82, 2.24) is 10.2 Å². The lowest BCUT2D eigenvalue weighted by molar-refractivity contribution is -0.114. The summed E-state index contributed by atoms with van der Waals surface area (Å²) >= 11 is 0. The van der Waals surface area contributed by atoms with E-state index in [0.717, 1.165) is 12.1 Å². The van der Waals surface area contributed by atoms with Gasteiger partial charge < -0.3 is 15.5 Å². The van der Waals surface area contributed by atoms with E-state index < -0.39 is 0 Å².